The summed E-state index contributed by atoms with van der Waals surface area (Å²) >= 11 is 0. The second-order valence-electron chi connectivity index (χ2n) is 9.10. The van der Waals surface area contributed by atoms with Gasteiger partial charge < -0.3 is 37.5 Å². The molecule has 40 heavy (non-hydrogen) atoms. The third kappa shape index (κ3) is 7.22. The van der Waals surface area contributed by atoms with Gasteiger partial charge in [-0.25, -0.2) is 14.0 Å². The zero-order valence-corrected chi connectivity index (χ0v) is 21.4. The van der Waals surface area contributed by atoms with Crippen molar-refractivity contribution < 1.29 is 23.9 Å². The summed E-state index contributed by atoms with van der Waals surface area (Å²) in [6, 6.07) is 10.5. The van der Waals surface area contributed by atoms with Crippen molar-refractivity contribution in [2.45, 2.75) is 31.7 Å². The lowest BCUT2D eigenvalue weighted by atomic mass is 10.0. The van der Waals surface area contributed by atoms with E-state index in [9.17, 15) is 23.9 Å². The van der Waals surface area contributed by atoms with Gasteiger partial charge in [0.1, 0.15) is 23.3 Å². The Balaban J connectivity index is 1.24. The molecule has 1 atom stereocenters. The van der Waals surface area contributed by atoms with E-state index in [1.54, 1.807) is 24.3 Å². The van der Waals surface area contributed by atoms with Crippen LogP contribution in [0.15, 0.2) is 54.7 Å². The van der Waals surface area contributed by atoms with E-state index in [2.05, 4.69) is 30.9 Å². The molecule has 0 saturated heterocycles. The quantitative estimate of drug-likeness (QED) is 0.139. The predicted molar refractivity (Wildman–Crippen MR) is 148 cm³/mol. The lowest BCUT2D eigenvalue weighted by Crippen LogP contribution is -2.41. The van der Waals surface area contributed by atoms with Gasteiger partial charge in [-0.15, -0.1) is 0 Å². The number of urea groups is 1. The SMILES string of the molecule is Nc1nc(N)c2c(CCc3ccc(C(=O)N[C@@H](CCCNC(=O)Nc4ccc(F)cc4)C(=O)O)cc3)c[nH]c2n1. The van der Waals surface area contributed by atoms with Crippen LogP contribution in [0.1, 0.15) is 34.3 Å². The molecular formula is C27H29FN8O4. The number of hydrogen-bond donors (Lipinski definition) is 7. The first-order valence-corrected chi connectivity index (χ1v) is 12.5. The summed E-state index contributed by atoms with van der Waals surface area (Å²) in [5.74, 6) is -1.70. The number of H-pyrrole nitrogens is 1. The summed E-state index contributed by atoms with van der Waals surface area (Å²) in [6.07, 6.45) is 3.55. The molecule has 0 unspecified atom stereocenters. The molecule has 3 amide bonds. The molecule has 0 spiro atoms. The number of carbonyl (C=O) groups excluding carboxylic acids is 2. The molecule has 208 valence electrons. The van der Waals surface area contributed by atoms with Crippen molar-refractivity contribution in [3.63, 3.8) is 0 Å². The number of amides is 3. The Labute approximate surface area is 228 Å². The molecule has 0 aliphatic heterocycles. The number of aromatic nitrogens is 3. The van der Waals surface area contributed by atoms with Crippen LogP contribution in [0.2, 0.25) is 0 Å². The average molecular weight is 549 g/mol. The zero-order valence-electron chi connectivity index (χ0n) is 21.4. The van der Waals surface area contributed by atoms with Gasteiger partial charge in [0.05, 0.1) is 5.39 Å². The fraction of sp³-hybridized carbons (Fsp3) is 0.222. The largest absolute Gasteiger partial charge is 0.480 e. The van der Waals surface area contributed by atoms with E-state index < -0.39 is 29.8 Å². The van der Waals surface area contributed by atoms with Crippen LogP contribution in [-0.4, -0.2) is 50.6 Å². The van der Waals surface area contributed by atoms with Crippen LogP contribution in [-0.2, 0) is 17.6 Å². The number of anilines is 3. The Bertz CT molecular complexity index is 1510. The summed E-state index contributed by atoms with van der Waals surface area (Å²) < 4.78 is 13.0. The minimum Gasteiger partial charge on any atom is -0.480 e. The van der Waals surface area contributed by atoms with Crippen molar-refractivity contribution in [2.75, 3.05) is 23.3 Å². The van der Waals surface area contributed by atoms with E-state index in [1.165, 1.54) is 24.3 Å². The Morgan fingerprint density at radius 1 is 1.00 bits per heavy atom. The molecule has 9 N–H and O–H groups in total. The van der Waals surface area contributed by atoms with Crippen molar-refractivity contribution in [2.24, 2.45) is 0 Å². The summed E-state index contributed by atoms with van der Waals surface area (Å²) in [5.41, 5.74) is 14.9. The molecule has 2 aromatic heterocycles. The fourth-order valence-electron chi connectivity index (χ4n) is 4.16. The maximum absolute atomic E-state index is 13.0. The number of nitrogen functional groups attached to an aromatic ring is 2. The normalized spacial score (nSPS) is 11.6. The van der Waals surface area contributed by atoms with Crippen LogP contribution >= 0.6 is 0 Å². The lowest BCUT2D eigenvalue weighted by molar-refractivity contribution is -0.139. The summed E-state index contributed by atoms with van der Waals surface area (Å²) in [5, 5.41) is 17.9. The van der Waals surface area contributed by atoms with Gasteiger partial charge in [-0.1, -0.05) is 12.1 Å². The number of aromatic amines is 1. The van der Waals surface area contributed by atoms with Crippen molar-refractivity contribution in [1.82, 2.24) is 25.6 Å². The molecule has 4 aromatic rings. The highest BCUT2D eigenvalue weighted by atomic mass is 19.1. The van der Waals surface area contributed by atoms with Crippen LogP contribution in [0.3, 0.4) is 0 Å². The Morgan fingerprint density at radius 3 is 2.42 bits per heavy atom. The molecule has 4 rings (SSSR count). The number of fused-ring (bicyclic) bond motifs is 1. The van der Waals surface area contributed by atoms with Crippen molar-refractivity contribution in [1.29, 1.82) is 0 Å². The number of hydrogen-bond acceptors (Lipinski definition) is 7. The maximum Gasteiger partial charge on any atom is 0.326 e. The van der Waals surface area contributed by atoms with Crippen LogP contribution in [0.4, 0.5) is 26.6 Å². The number of halogens is 1. The van der Waals surface area contributed by atoms with E-state index in [-0.39, 0.29) is 18.9 Å². The van der Waals surface area contributed by atoms with E-state index in [0.717, 1.165) is 16.5 Å². The number of carboxylic acid groups (broad SMARTS) is 1. The lowest BCUT2D eigenvalue weighted by Gasteiger charge is -2.15. The molecule has 0 fully saturated rings. The van der Waals surface area contributed by atoms with Crippen molar-refractivity contribution in [3.8, 4) is 0 Å². The molecule has 0 saturated carbocycles. The number of rotatable bonds is 11. The number of nitrogens with two attached hydrogens (primary N) is 2. The Hall–Kier alpha value is -5.20. The minimum absolute atomic E-state index is 0.0972. The molecule has 2 aromatic carbocycles. The number of carbonyl (C=O) groups is 3. The highest BCUT2D eigenvalue weighted by molar-refractivity contribution is 5.96. The molecule has 0 aliphatic carbocycles. The second-order valence-corrected chi connectivity index (χ2v) is 9.10. The summed E-state index contributed by atoms with van der Waals surface area (Å²) in [7, 11) is 0. The summed E-state index contributed by atoms with van der Waals surface area (Å²) in [6.45, 7) is 0.183. The van der Waals surface area contributed by atoms with Gasteiger partial charge in [0.2, 0.25) is 5.95 Å². The van der Waals surface area contributed by atoms with Gasteiger partial charge in [-0.3, -0.25) is 4.79 Å². The first-order valence-electron chi connectivity index (χ1n) is 12.5. The number of aliphatic carboxylic acids is 1. The van der Waals surface area contributed by atoms with Gasteiger partial charge in [-0.05, 0) is 73.2 Å². The smallest absolute Gasteiger partial charge is 0.326 e. The van der Waals surface area contributed by atoms with Gasteiger partial charge in [-0.2, -0.15) is 9.97 Å². The molecule has 2 heterocycles. The number of carboxylic acids is 1. The maximum atomic E-state index is 13.0. The molecule has 12 nitrogen and oxygen atoms in total. The third-order valence-corrected chi connectivity index (χ3v) is 6.22. The van der Waals surface area contributed by atoms with Crippen LogP contribution in [0.25, 0.3) is 11.0 Å². The van der Waals surface area contributed by atoms with Crippen LogP contribution in [0.5, 0.6) is 0 Å². The highest BCUT2D eigenvalue weighted by Crippen LogP contribution is 2.24. The first-order chi connectivity index (χ1) is 19.2. The predicted octanol–water partition coefficient (Wildman–Crippen LogP) is 2.83. The highest BCUT2D eigenvalue weighted by Gasteiger charge is 2.20. The number of aryl methyl sites for hydroxylation is 2. The van der Waals surface area contributed by atoms with Crippen molar-refractivity contribution >= 4 is 46.4 Å². The van der Waals surface area contributed by atoms with Gasteiger partial charge >= 0.3 is 12.0 Å². The number of nitrogens with zero attached hydrogens (tertiary/aromatic N) is 2. The molecular weight excluding hydrogens is 519 g/mol. The number of nitrogens with one attached hydrogen (secondary N) is 4. The first kappa shape index (κ1) is 27.8. The van der Waals surface area contributed by atoms with E-state index >= 15 is 0 Å². The van der Waals surface area contributed by atoms with Gasteiger partial charge in [0.15, 0.2) is 0 Å². The zero-order chi connectivity index (χ0) is 28.6. The Kier molecular flexibility index (Phi) is 8.74. The molecule has 0 aliphatic rings. The molecule has 0 radical (unpaired) electrons. The third-order valence-electron chi connectivity index (χ3n) is 6.22. The van der Waals surface area contributed by atoms with E-state index in [0.29, 0.717) is 42.0 Å². The van der Waals surface area contributed by atoms with E-state index in [4.69, 9.17) is 11.5 Å². The Morgan fingerprint density at radius 2 is 1.73 bits per heavy atom. The van der Waals surface area contributed by atoms with Gasteiger partial charge in [0, 0.05) is 24.0 Å². The minimum atomic E-state index is -1.18. The fourth-order valence-corrected chi connectivity index (χ4v) is 4.16. The standard InChI is InChI=1S/C27H29FN8O4/c28-18-9-11-19(12-10-18)33-27(40)31-13-1-2-20(25(38)39)34-24(37)16-6-3-15(4-7-16)5-8-17-14-32-23-21(17)22(29)35-26(30)36-23/h3-4,6-7,9-12,14,20H,1-2,5,8,13H2,(H,34,37)(H,38,39)(H2,31,33,40)(H5,29,30,32,35,36)/t20-/m0/s1. The summed E-state index contributed by atoms with van der Waals surface area (Å²) in [4.78, 5) is 47.5. The average Bonchev–Trinajstić information content (AvgIpc) is 3.33. The monoisotopic (exact) mass is 548 g/mol. The van der Waals surface area contributed by atoms with Crippen molar-refractivity contribution in [3.05, 3.63) is 77.2 Å². The van der Waals surface area contributed by atoms with E-state index in [1.807, 2.05) is 6.20 Å². The number of benzene rings is 2. The van der Waals surface area contributed by atoms with Gasteiger partial charge in [0.25, 0.3) is 5.91 Å². The molecule has 13 heteroatoms. The molecule has 0 bridgehead atoms. The topological polar surface area (TPSA) is 201 Å². The second kappa shape index (κ2) is 12.6. The van der Waals surface area contributed by atoms with Crippen LogP contribution in [0, 0.1) is 5.82 Å². The van der Waals surface area contributed by atoms with Crippen LogP contribution < -0.4 is 27.4 Å².